The third-order valence-electron chi connectivity index (χ3n) is 3.71. The van der Waals surface area contributed by atoms with Crippen molar-refractivity contribution in [2.75, 3.05) is 31.5 Å². The summed E-state index contributed by atoms with van der Waals surface area (Å²) in [6.07, 6.45) is 1.39. The lowest BCUT2D eigenvalue weighted by molar-refractivity contribution is -0.133. The summed E-state index contributed by atoms with van der Waals surface area (Å²) < 4.78 is 0. The molecule has 0 bridgehead atoms. The first-order valence-corrected chi connectivity index (χ1v) is 7.57. The lowest BCUT2D eigenvalue weighted by Crippen LogP contribution is -2.46. The van der Waals surface area contributed by atoms with Gasteiger partial charge in [0.1, 0.15) is 0 Å². The van der Waals surface area contributed by atoms with Gasteiger partial charge in [-0.2, -0.15) is 0 Å². The van der Waals surface area contributed by atoms with Gasteiger partial charge in [0, 0.05) is 44.7 Å². The van der Waals surface area contributed by atoms with Gasteiger partial charge in [-0.1, -0.05) is 25.1 Å². The van der Waals surface area contributed by atoms with Crippen LogP contribution in [-0.4, -0.2) is 42.9 Å². The molecule has 1 aliphatic heterocycles. The summed E-state index contributed by atoms with van der Waals surface area (Å²) in [7, 11) is 0. The molecule has 21 heavy (non-hydrogen) atoms. The van der Waals surface area contributed by atoms with E-state index in [9.17, 15) is 9.59 Å². The van der Waals surface area contributed by atoms with Crippen molar-refractivity contribution in [3.8, 4) is 0 Å². The lowest BCUT2D eigenvalue weighted by Gasteiger charge is -2.27. The molecule has 1 saturated heterocycles. The van der Waals surface area contributed by atoms with E-state index in [4.69, 9.17) is 0 Å². The third kappa shape index (κ3) is 4.56. The molecule has 5 nitrogen and oxygen atoms in total. The second-order valence-electron chi connectivity index (χ2n) is 5.19. The van der Waals surface area contributed by atoms with Crippen molar-refractivity contribution in [3.05, 3.63) is 29.8 Å². The van der Waals surface area contributed by atoms with E-state index in [0.29, 0.717) is 0 Å². The zero-order valence-corrected chi connectivity index (χ0v) is 12.5. The number of benzene rings is 1. The average molecular weight is 289 g/mol. The Labute approximate surface area is 125 Å². The van der Waals surface area contributed by atoms with Crippen molar-refractivity contribution in [2.45, 2.75) is 26.2 Å². The molecule has 1 fully saturated rings. The molecule has 1 heterocycles. The first kappa shape index (κ1) is 15.5. The Morgan fingerprint density at radius 1 is 1.19 bits per heavy atom. The molecule has 0 saturated carbocycles. The maximum Gasteiger partial charge on any atom is 0.224 e. The van der Waals surface area contributed by atoms with Gasteiger partial charge >= 0.3 is 0 Å². The number of rotatable bonds is 5. The van der Waals surface area contributed by atoms with Crippen LogP contribution >= 0.6 is 0 Å². The second-order valence-corrected chi connectivity index (χ2v) is 5.19. The summed E-state index contributed by atoms with van der Waals surface area (Å²) >= 11 is 0. The highest BCUT2D eigenvalue weighted by Gasteiger charge is 2.17. The highest BCUT2D eigenvalue weighted by atomic mass is 16.2. The number of aryl methyl sites for hydroxylation is 1. The van der Waals surface area contributed by atoms with E-state index in [1.165, 1.54) is 0 Å². The normalized spacial score (nSPS) is 14.8. The van der Waals surface area contributed by atoms with Crippen molar-refractivity contribution in [2.24, 2.45) is 0 Å². The number of para-hydroxylation sites is 1. The number of nitrogens with zero attached hydrogens (tertiary/aromatic N) is 1. The standard InChI is InChI=1S/C16H23N3O2/c1-2-13-5-3-4-6-14(13)18-15(20)7-8-16(21)19-11-9-17-10-12-19/h3-6,17H,2,7-12H2,1H3,(H,18,20). The van der Waals surface area contributed by atoms with Crippen LogP contribution in [0.5, 0.6) is 0 Å². The van der Waals surface area contributed by atoms with Crippen molar-refractivity contribution in [1.29, 1.82) is 0 Å². The molecule has 1 aromatic rings. The summed E-state index contributed by atoms with van der Waals surface area (Å²) in [4.78, 5) is 25.8. The fourth-order valence-electron chi connectivity index (χ4n) is 2.46. The minimum atomic E-state index is -0.0978. The van der Waals surface area contributed by atoms with E-state index < -0.39 is 0 Å². The van der Waals surface area contributed by atoms with E-state index in [2.05, 4.69) is 17.6 Å². The Kier molecular flexibility index (Phi) is 5.75. The van der Waals surface area contributed by atoms with Gasteiger partial charge in [-0.25, -0.2) is 0 Å². The highest BCUT2D eigenvalue weighted by Crippen LogP contribution is 2.15. The number of carbonyl (C=O) groups excluding carboxylic acids is 2. The summed E-state index contributed by atoms with van der Waals surface area (Å²) in [6, 6.07) is 7.76. The zero-order chi connectivity index (χ0) is 15.1. The second kappa shape index (κ2) is 7.78. The Balaban J connectivity index is 1.80. The summed E-state index contributed by atoms with van der Waals surface area (Å²) in [5.74, 6) is -0.0326. The lowest BCUT2D eigenvalue weighted by atomic mass is 10.1. The quantitative estimate of drug-likeness (QED) is 0.861. The molecule has 2 amide bonds. The summed E-state index contributed by atoms with van der Waals surface area (Å²) in [5, 5.41) is 6.10. The molecular weight excluding hydrogens is 266 g/mol. The van der Waals surface area contributed by atoms with Gasteiger partial charge in [0.25, 0.3) is 0 Å². The van der Waals surface area contributed by atoms with Crippen LogP contribution < -0.4 is 10.6 Å². The van der Waals surface area contributed by atoms with Crippen molar-refractivity contribution < 1.29 is 9.59 Å². The Morgan fingerprint density at radius 3 is 2.62 bits per heavy atom. The zero-order valence-electron chi connectivity index (χ0n) is 12.5. The fraction of sp³-hybridized carbons (Fsp3) is 0.500. The van der Waals surface area contributed by atoms with E-state index in [1.807, 2.05) is 29.2 Å². The van der Waals surface area contributed by atoms with E-state index >= 15 is 0 Å². The van der Waals surface area contributed by atoms with Gasteiger partial charge in [-0.05, 0) is 18.1 Å². The van der Waals surface area contributed by atoms with Gasteiger partial charge in [-0.3, -0.25) is 9.59 Å². The molecule has 0 aliphatic carbocycles. The predicted octanol–water partition coefficient (Wildman–Crippen LogP) is 1.40. The maximum atomic E-state index is 12.0. The van der Waals surface area contributed by atoms with Crippen LogP contribution in [-0.2, 0) is 16.0 Å². The molecule has 0 aromatic heterocycles. The smallest absolute Gasteiger partial charge is 0.224 e. The maximum absolute atomic E-state index is 12.0. The topological polar surface area (TPSA) is 61.4 Å². The van der Waals surface area contributed by atoms with Gasteiger partial charge in [0.05, 0.1) is 0 Å². The van der Waals surface area contributed by atoms with Gasteiger partial charge in [0.2, 0.25) is 11.8 Å². The van der Waals surface area contributed by atoms with Crippen LogP contribution in [0.15, 0.2) is 24.3 Å². The molecule has 0 spiro atoms. The summed E-state index contributed by atoms with van der Waals surface area (Å²) in [6.45, 7) is 5.20. The number of hydrogen-bond donors (Lipinski definition) is 2. The largest absolute Gasteiger partial charge is 0.340 e. The number of carbonyl (C=O) groups is 2. The van der Waals surface area contributed by atoms with Crippen molar-refractivity contribution in [1.82, 2.24) is 10.2 Å². The van der Waals surface area contributed by atoms with Crippen LogP contribution in [0.1, 0.15) is 25.3 Å². The molecular formula is C16H23N3O2. The SMILES string of the molecule is CCc1ccccc1NC(=O)CCC(=O)N1CCNCC1. The van der Waals surface area contributed by atoms with E-state index in [-0.39, 0.29) is 24.7 Å². The molecule has 5 heteroatoms. The molecule has 2 rings (SSSR count). The Hall–Kier alpha value is -1.88. The minimum Gasteiger partial charge on any atom is -0.340 e. The molecule has 1 aliphatic rings. The number of nitrogens with one attached hydrogen (secondary N) is 2. The molecule has 0 unspecified atom stereocenters. The van der Waals surface area contributed by atoms with Crippen LogP contribution in [0.2, 0.25) is 0 Å². The van der Waals surface area contributed by atoms with E-state index in [1.54, 1.807) is 0 Å². The molecule has 1 aromatic carbocycles. The fourth-order valence-corrected chi connectivity index (χ4v) is 2.46. The predicted molar refractivity (Wildman–Crippen MR) is 83.1 cm³/mol. The first-order chi connectivity index (χ1) is 10.2. The van der Waals surface area contributed by atoms with Gasteiger partial charge in [0.15, 0.2) is 0 Å². The van der Waals surface area contributed by atoms with Gasteiger partial charge in [-0.15, -0.1) is 0 Å². The van der Waals surface area contributed by atoms with E-state index in [0.717, 1.165) is 43.9 Å². The summed E-state index contributed by atoms with van der Waals surface area (Å²) in [5.41, 5.74) is 1.96. The van der Waals surface area contributed by atoms with Crippen LogP contribution in [0.4, 0.5) is 5.69 Å². The third-order valence-corrected chi connectivity index (χ3v) is 3.71. The van der Waals surface area contributed by atoms with Crippen LogP contribution in [0.3, 0.4) is 0 Å². The monoisotopic (exact) mass is 289 g/mol. The Bertz CT molecular complexity index is 496. The number of hydrogen-bond acceptors (Lipinski definition) is 3. The van der Waals surface area contributed by atoms with Crippen LogP contribution in [0.25, 0.3) is 0 Å². The van der Waals surface area contributed by atoms with Crippen molar-refractivity contribution in [3.63, 3.8) is 0 Å². The highest BCUT2D eigenvalue weighted by molar-refractivity contribution is 5.93. The number of piperazine rings is 1. The van der Waals surface area contributed by atoms with Gasteiger partial charge < -0.3 is 15.5 Å². The number of anilines is 1. The minimum absolute atomic E-state index is 0.0652. The molecule has 114 valence electrons. The first-order valence-electron chi connectivity index (χ1n) is 7.57. The van der Waals surface area contributed by atoms with Crippen LogP contribution in [0, 0.1) is 0 Å². The Morgan fingerprint density at radius 2 is 1.90 bits per heavy atom. The number of amides is 2. The van der Waals surface area contributed by atoms with Crippen molar-refractivity contribution >= 4 is 17.5 Å². The average Bonchev–Trinajstić information content (AvgIpc) is 2.54. The molecule has 0 radical (unpaired) electrons. The molecule has 2 N–H and O–H groups in total. The molecule has 0 atom stereocenters.